The second-order valence-corrected chi connectivity index (χ2v) is 7.02. The molecule has 126 valence electrons. The van der Waals surface area contributed by atoms with E-state index in [1.165, 1.54) is 24.6 Å². The fourth-order valence-electron chi connectivity index (χ4n) is 2.87. The van der Waals surface area contributed by atoms with Gasteiger partial charge in [0.2, 0.25) is 0 Å². The van der Waals surface area contributed by atoms with Crippen LogP contribution in [0.3, 0.4) is 0 Å². The number of hydrogen-bond acceptors (Lipinski definition) is 5. The predicted molar refractivity (Wildman–Crippen MR) is 94.1 cm³/mol. The number of aryl methyl sites for hydroxylation is 1. The van der Waals surface area contributed by atoms with Crippen LogP contribution in [0.4, 0.5) is 5.00 Å². The number of anilines is 1. The van der Waals surface area contributed by atoms with Gasteiger partial charge in [-0.05, 0) is 43.4 Å². The predicted octanol–water partition coefficient (Wildman–Crippen LogP) is 4.10. The molecule has 0 spiro atoms. The van der Waals surface area contributed by atoms with Crippen LogP contribution in [0.25, 0.3) is 0 Å². The highest BCUT2D eigenvalue weighted by molar-refractivity contribution is 7.17. The molecule has 1 amide bonds. The largest absolute Gasteiger partial charge is 0.465 e. The quantitative estimate of drug-likeness (QED) is 0.505. The normalized spacial score (nSPS) is 13.8. The number of thiophene rings is 1. The number of amides is 1. The first-order valence-electron chi connectivity index (χ1n) is 7.76. The number of pyridine rings is 1. The first kappa shape index (κ1) is 16.9. The van der Waals surface area contributed by atoms with E-state index in [9.17, 15) is 9.59 Å². The Morgan fingerprint density at radius 2 is 2.08 bits per heavy atom. The van der Waals surface area contributed by atoms with Crippen molar-refractivity contribution < 1.29 is 14.3 Å². The molecule has 24 heavy (non-hydrogen) atoms. The van der Waals surface area contributed by atoms with E-state index in [1.807, 2.05) is 0 Å². The molecule has 0 saturated carbocycles. The smallest absolute Gasteiger partial charge is 0.341 e. The van der Waals surface area contributed by atoms with Crippen LogP contribution < -0.4 is 5.32 Å². The van der Waals surface area contributed by atoms with Crippen LogP contribution in [0.15, 0.2) is 18.3 Å². The molecule has 1 N–H and O–H groups in total. The summed E-state index contributed by atoms with van der Waals surface area (Å²) in [6.45, 7) is 0. The number of carbonyl (C=O) groups excluding carboxylic acids is 2. The van der Waals surface area contributed by atoms with Gasteiger partial charge in [0.05, 0.1) is 18.2 Å². The number of esters is 1. The van der Waals surface area contributed by atoms with Crippen LogP contribution in [0.2, 0.25) is 5.15 Å². The first-order chi connectivity index (χ1) is 11.6. The minimum Gasteiger partial charge on any atom is -0.465 e. The Hall–Kier alpha value is -1.92. The van der Waals surface area contributed by atoms with E-state index in [4.69, 9.17) is 16.3 Å². The number of halogens is 1. The summed E-state index contributed by atoms with van der Waals surface area (Å²) < 4.78 is 4.93. The molecule has 0 aliphatic heterocycles. The molecule has 2 aromatic heterocycles. The Kier molecular flexibility index (Phi) is 5.16. The number of ether oxygens (including phenoxy) is 1. The molecule has 0 atom stereocenters. The number of nitrogens with one attached hydrogen (secondary N) is 1. The van der Waals surface area contributed by atoms with Crippen molar-refractivity contribution in [1.29, 1.82) is 0 Å². The molecule has 0 radical (unpaired) electrons. The monoisotopic (exact) mass is 364 g/mol. The van der Waals surface area contributed by atoms with Crippen molar-refractivity contribution >= 4 is 39.8 Å². The van der Waals surface area contributed by atoms with Crippen LogP contribution in [0.5, 0.6) is 0 Å². The summed E-state index contributed by atoms with van der Waals surface area (Å²) in [5, 5.41) is 3.47. The van der Waals surface area contributed by atoms with Gasteiger partial charge in [0.1, 0.15) is 10.2 Å². The van der Waals surface area contributed by atoms with E-state index in [0.29, 0.717) is 10.6 Å². The van der Waals surface area contributed by atoms with Gasteiger partial charge in [0.25, 0.3) is 5.91 Å². The van der Waals surface area contributed by atoms with E-state index in [0.717, 1.165) is 42.5 Å². The van der Waals surface area contributed by atoms with E-state index in [2.05, 4.69) is 10.3 Å². The van der Waals surface area contributed by atoms with Crippen molar-refractivity contribution in [1.82, 2.24) is 4.98 Å². The second-order valence-electron chi connectivity index (χ2n) is 5.56. The third kappa shape index (κ3) is 3.30. The lowest BCUT2D eigenvalue weighted by Crippen LogP contribution is -2.15. The molecule has 2 heterocycles. The summed E-state index contributed by atoms with van der Waals surface area (Å²) in [6.07, 6.45) is 6.56. The molecule has 5 nitrogen and oxygen atoms in total. The fourth-order valence-corrected chi connectivity index (χ4v) is 4.35. The highest BCUT2D eigenvalue weighted by atomic mass is 35.5. The number of fused-ring (bicyclic) bond motifs is 1. The SMILES string of the molecule is COC(=O)c1c(NC(=O)c2cccnc2Cl)sc2c1CCCCC2. The molecule has 0 bridgehead atoms. The fraction of sp³-hybridized carbons (Fsp3) is 0.353. The van der Waals surface area contributed by atoms with Crippen molar-refractivity contribution in [3.05, 3.63) is 45.1 Å². The summed E-state index contributed by atoms with van der Waals surface area (Å²) >= 11 is 7.43. The maximum atomic E-state index is 12.5. The third-order valence-corrected chi connectivity index (χ3v) is 5.55. The van der Waals surface area contributed by atoms with E-state index < -0.39 is 5.97 Å². The van der Waals surface area contributed by atoms with Crippen molar-refractivity contribution in [2.24, 2.45) is 0 Å². The lowest BCUT2D eigenvalue weighted by molar-refractivity contribution is 0.0601. The Labute approximate surface area is 149 Å². The van der Waals surface area contributed by atoms with E-state index in [1.54, 1.807) is 12.1 Å². The zero-order chi connectivity index (χ0) is 17.1. The summed E-state index contributed by atoms with van der Waals surface area (Å²) in [7, 11) is 1.35. The number of aromatic nitrogens is 1. The number of nitrogens with zero attached hydrogens (tertiary/aromatic N) is 1. The highest BCUT2D eigenvalue weighted by Crippen LogP contribution is 2.38. The molecule has 0 saturated heterocycles. The third-order valence-electron chi connectivity index (χ3n) is 4.04. The molecular formula is C17H17ClN2O3S. The van der Waals surface area contributed by atoms with Gasteiger partial charge in [-0.3, -0.25) is 4.79 Å². The zero-order valence-corrected chi connectivity index (χ0v) is 14.8. The highest BCUT2D eigenvalue weighted by Gasteiger charge is 2.26. The number of methoxy groups -OCH3 is 1. The van der Waals surface area contributed by atoms with Crippen LogP contribution >= 0.6 is 22.9 Å². The molecule has 0 fully saturated rings. The van der Waals surface area contributed by atoms with Gasteiger partial charge in [-0.15, -0.1) is 11.3 Å². The molecule has 1 aliphatic rings. The maximum absolute atomic E-state index is 12.5. The molecular weight excluding hydrogens is 348 g/mol. The molecule has 0 aromatic carbocycles. The number of carbonyl (C=O) groups is 2. The zero-order valence-electron chi connectivity index (χ0n) is 13.2. The Bertz CT molecular complexity index is 788. The summed E-state index contributed by atoms with van der Waals surface area (Å²) in [6, 6.07) is 3.24. The van der Waals surface area contributed by atoms with Gasteiger partial charge in [-0.1, -0.05) is 18.0 Å². The van der Waals surface area contributed by atoms with Crippen LogP contribution in [0, 0.1) is 0 Å². The minimum absolute atomic E-state index is 0.132. The second kappa shape index (κ2) is 7.32. The molecule has 0 unspecified atom stereocenters. The Balaban J connectivity index is 1.97. The maximum Gasteiger partial charge on any atom is 0.341 e. The van der Waals surface area contributed by atoms with Crippen molar-refractivity contribution in [3.8, 4) is 0 Å². The average molecular weight is 365 g/mol. The lowest BCUT2D eigenvalue weighted by Gasteiger charge is -2.08. The van der Waals surface area contributed by atoms with Crippen LogP contribution in [0.1, 0.15) is 50.4 Å². The van der Waals surface area contributed by atoms with Gasteiger partial charge in [-0.2, -0.15) is 0 Å². The lowest BCUT2D eigenvalue weighted by atomic mass is 10.1. The van der Waals surface area contributed by atoms with E-state index >= 15 is 0 Å². The van der Waals surface area contributed by atoms with Crippen molar-refractivity contribution in [2.75, 3.05) is 12.4 Å². The molecule has 2 aromatic rings. The van der Waals surface area contributed by atoms with Crippen LogP contribution in [-0.2, 0) is 17.6 Å². The van der Waals surface area contributed by atoms with Gasteiger partial charge < -0.3 is 10.1 Å². The number of rotatable bonds is 3. The molecule has 1 aliphatic carbocycles. The van der Waals surface area contributed by atoms with Gasteiger partial charge >= 0.3 is 5.97 Å². The standard InChI is InChI=1S/C17H17ClN2O3S/c1-23-17(22)13-10-6-3-2-4-8-12(10)24-16(13)20-15(21)11-7-5-9-19-14(11)18/h5,7,9H,2-4,6,8H2,1H3,(H,20,21). The Morgan fingerprint density at radius 1 is 1.29 bits per heavy atom. The summed E-state index contributed by atoms with van der Waals surface area (Å²) in [5.41, 5.74) is 1.77. The summed E-state index contributed by atoms with van der Waals surface area (Å²) in [5.74, 6) is -0.795. The van der Waals surface area contributed by atoms with Crippen molar-refractivity contribution in [3.63, 3.8) is 0 Å². The topological polar surface area (TPSA) is 68.3 Å². The molecule has 3 rings (SSSR count). The van der Waals surface area contributed by atoms with Crippen LogP contribution in [-0.4, -0.2) is 24.0 Å². The van der Waals surface area contributed by atoms with Crippen molar-refractivity contribution in [2.45, 2.75) is 32.1 Å². The van der Waals surface area contributed by atoms with Gasteiger partial charge in [0.15, 0.2) is 0 Å². The minimum atomic E-state index is -0.415. The van der Waals surface area contributed by atoms with E-state index in [-0.39, 0.29) is 16.6 Å². The Morgan fingerprint density at radius 3 is 2.83 bits per heavy atom. The number of hydrogen-bond donors (Lipinski definition) is 1. The first-order valence-corrected chi connectivity index (χ1v) is 8.96. The molecule has 7 heteroatoms. The summed E-state index contributed by atoms with van der Waals surface area (Å²) in [4.78, 5) is 29.8. The average Bonchev–Trinajstić information content (AvgIpc) is 2.75. The van der Waals surface area contributed by atoms with Gasteiger partial charge in [0, 0.05) is 11.1 Å². The van der Waals surface area contributed by atoms with Gasteiger partial charge in [-0.25, -0.2) is 9.78 Å².